The van der Waals surface area contributed by atoms with Crippen molar-refractivity contribution in [3.8, 4) is 11.8 Å². The zero-order valence-corrected chi connectivity index (χ0v) is 18.8. The van der Waals surface area contributed by atoms with E-state index in [-0.39, 0.29) is 11.5 Å². The quantitative estimate of drug-likeness (QED) is 0.426. The monoisotopic (exact) mass is 396 g/mol. The topological polar surface area (TPSA) is 40.5 Å². The summed E-state index contributed by atoms with van der Waals surface area (Å²) in [4.78, 5) is 0. The van der Waals surface area contributed by atoms with Gasteiger partial charge in [0.05, 0.1) is 6.10 Å². The Balaban J connectivity index is 1.64. The molecule has 0 radical (unpaired) electrons. The number of allylic oxidation sites excluding steroid dienone is 5. The molecule has 2 nitrogen and oxygen atoms in total. The number of aliphatic hydroxyl groups is 2. The number of rotatable bonds is 5. The molecule has 29 heavy (non-hydrogen) atoms. The van der Waals surface area contributed by atoms with Gasteiger partial charge in [0.25, 0.3) is 0 Å². The van der Waals surface area contributed by atoms with Crippen LogP contribution in [0.2, 0.25) is 0 Å². The fourth-order valence-electron chi connectivity index (χ4n) is 5.59. The normalized spacial score (nSPS) is 32.7. The first-order valence-corrected chi connectivity index (χ1v) is 11.9. The number of fused-ring (bicyclic) bond motifs is 1. The number of hydrogen-bond donors (Lipinski definition) is 2. The van der Waals surface area contributed by atoms with Crippen LogP contribution in [-0.4, -0.2) is 21.9 Å². The van der Waals surface area contributed by atoms with Crippen LogP contribution >= 0.6 is 0 Å². The molecule has 2 fully saturated rings. The number of aliphatic hydroxyl groups excluding tert-OH is 1. The molecule has 3 rings (SSSR count). The summed E-state index contributed by atoms with van der Waals surface area (Å²) < 4.78 is 0. The second kappa shape index (κ2) is 9.67. The third-order valence-corrected chi connectivity index (χ3v) is 7.79. The Bertz CT molecular complexity index is 725. The molecule has 2 unspecified atom stereocenters. The van der Waals surface area contributed by atoms with Crippen molar-refractivity contribution in [3.05, 3.63) is 34.9 Å². The van der Waals surface area contributed by atoms with Gasteiger partial charge in [-0.1, -0.05) is 67.6 Å². The summed E-state index contributed by atoms with van der Waals surface area (Å²) in [5.74, 6) is 7.01. The molecule has 0 amide bonds. The van der Waals surface area contributed by atoms with Crippen molar-refractivity contribution in [2.75, 3.05) is 0 Å². The molecule has 3 aliphatic rings. The molecular formula is C27H40O2. The molecule has 0 aliphatic heterocycles. The van der Waals surface area contributed by atoms with Crippen molar-refractivity contribution in [3.63, 3.8) is 0 Å². The van der Waals surface area contributed by atoms with Gasteiger partial charge in [-0.05, 0) is 82.0 Å². The highest BCUT2D eigenvalue weighted by atomic mass is 16.3. The van der Waals surface area contributed by atoms with Crippen LogP contribution in [0.1, 0.15) is 97.8 Å². The highest BCUT2D eigenvalue weighted by molar-refractivity contribution is 5.34. The predicted octanol–water partition coefficient (Wildman–Crippen LogP) is 6.25. The predicted molar refractivity (Wildman–Crippen MR) is 121 cm³/mol. The third-order valence-electron chi connectivity index (χ3n) is 7.79. The molecule has 0 bridgehead atoms. The van der Waals surface area contributed by atoms with Gasteiger partial charge in [-0.3, -0.25) is 0 Å². The summed E-state index contributed by atoms with van der Waals surface area (Å²) in [6, 6.07) is 0. The van der Waals surface area contributed by atoms with Crippen LogP contribution in [0.5, 0.6) is 0 Å². The van der Waals surface area contributed by atoms with Gasteiger partial charge in [0.15, 0.2) is 0 Å². The minimum atomic E-state index is -0.808. The van der Waals surface area contributed by atoms with Gasteiger partial charge in [-0.2, -0.15) is 0 Å². The maximum atomic E-state index is 10.4. The minimum absolute atomic E-state index is 0.135. The van der Waals surface area contributed by atoms with Gasteiger partial charge in [-0.15, -0.1) is 0 Å². The van der Waals surface area contributed by atoms with Crippen LogP contribution in [0.15, 0.2) is 34.9 Å². The summed E-state index contributed by atoms with van der Waals surface area (Å²) in [5.41, 5.74) is 4.08. The van der Waals surface area contributed by atoms with E-state index in [1.165, 1.54) is 24.8 Å². The fraction of sp³-hybridized carbons (Fsp3) is 0.704. The molecule has 0 heterocycles. The smallest absolute Gasteiger partial charge is 0.125 e. The molecule has 0 aromatic carbocycles. The van der Waals surface area contributed by atoms with Gasteiger partial charge in [0.1, 0.15) is 5.60 Å². The lowest BCUT2D eigenvalue weighted by Gasteiger charge is -2.41. The van der Waals surface area contributed by atoms with Gasteiger partial charge in [0, 0.05) is 6.42 Å². The molecule has 3 atom stereocenters. The van der Waals surface area contributed by atoms with Crippen LogP contribution in [0.25, 0.3) is 0 Å². The molecule has 0 spiro atoms. The van der Waals surface area contributed by atoms with Crippen LogP contribution < -0.4 is 0 Å². The van der Waals surface area contributed by atoms with E-state index in [1.54, 1.807) is 11.1 Å². The molecule has 160 valence electrons. The van der Waals surface area contributed by atoms with E-state index in [2.05, 4.69) is 37.0 Å². The first-order valence-electron chi connectivity index (χ1n) is 11.9. The lowest BCUT2D eigenvalue weighted by Crippen LogP contribution is -2.30. The van der Waals surface area contributed by atoms with Gasteiger partial charge in [-0.25, -0.2) is 0 Å². The van der Waals surface area contributed by atoms with E-state index in [0.29, 0.717) is 18.8 Å². The van der Waals surface area contributed by atoms with Crippen molar-refractivity contribution in [2.24, 2.45) is 11.3 Å². The van der Waals surface area contributed by atoms with Crippen molar-refractivity contribution in [2.45, 2.75) is 110 Å². The fourth-order valence-corrected chi connectivity index (χ4v) is 5.59. The van der Waals surface area contributed by atoms with Crippen LogP contribution in [0.3, 0.4) is 0 Å². The summed E-state index contributed by atoms with van der Waals surface area (Å²) >= 11 is 0. The van der Waals surface area contributed by atoms with Crippen molar-refractivity contribution in [1.82, 2.24) is 0 Å². The molecule has 0 aromatic heterocycles. The first kappa shape index (κ1) is 22.4. The Labute approximate surface area is 178 Å². The average molecular weight is 397 g/mol. The minimum Gasteiger partial charge on any atom is -0.393 e. The van der Waals surface area contributed by atoms with E-state index >= 15 is 0 Å². The van der Waals surface area contributed by atoms with E-state index in [1.807, 2.05) is 13.8 Å². The molecule has 2 heteroatoms. The maximum Gasteiger partial charge on any atom is 0.125 e. The van der Waals surface area contributed by atoms with Crippen LogP contribution in [0.4, 0.5) is 0 Å². The average Bonchev–Trinajstić information content (AvgIpc) is 3.06. The van der Waals surface area contributed by atoms with Gasteiger partial charge in [0.2, 0.25) is 0 Å². The van der Waals surface area contributed by atoms with E-state index in [4.69, 9.17) is 0 Å². The molecule has 3 aliphatic carbocycles. The highest BCUT2D eigenvalue weighted by Crippen LogP contribution is 2.55. The summed E-state index contributed by atoms with van der Waals surface area (Å²) in [7, 11) is 0. The second-order valence-corrected chi connectivity index (χ2v) is 9.65. The number of hydrogen-bond acceptors (Lipinski definition) is 2. The molecule has 0 aromatic rings. The van der Waals surface area contributed by atoms with Crippen LogP contribution in [-0.2, 0) is 0 Å². The largest absolute Gasteiger partial charge is 0.393 e. The summed E-state index contributed by atoms with van der Waals surface area (Å²) in [5, 5.41) is 20.3. The second-order valence-electron chi connectivity index (χ2n) is 9.65. The summed E-state index contributed by atoms with van der Waals surface area (Å²) in [6.07, 6.45) is 19.3. The van der Waals surface area contributed by atoms with Gasteiger partial charge >= 0.3 is 0 Å². The zero-order chi connectivity index (χ0) is 20.9. The lowest BCUT2D eigenvalue weighted by atomic mass is 9.63. The first-order chi connectivity index (χ1) is 13.9. The SMILES string of the molecule is CCC(O)(C#CCCC1=CCC2/C(=C/C=C3/CCC[C@H](O)C3)CCCC12C)CC. The van der Waals surface area contributed by atoms with E-state index in [9.17, 15) is 10.2 Å². The maximum absolute atomic E-state index is 10.4. The zero-order valence-electron chi connectivity index (χ0n) is 18.8. The summed E-state index contributed by atoms with van der Waals surface area (Å²) in [6.45, 7) is 6.47. The molecule has 2 N–H and O–H groups in total. The van der Waals surface area contributed by atoms with E-state index < -0.39 is 5.60 Å². The van der Waals surface area contributed by atoms with Crippen molar-refractivity contribution < 1.29 is 10.2 Å². The third kappa shape index (κ3) is 5.25. The Morgan fingerprint density at radius 3 is 2.72 bits per heavy atom. The van der Waals surface area contributed by atoms with Crippen molar-refractivity contribution >= 4 is 0 Å². The van der Waals surface area contributed by atoms with E-state index in [0.717, 1.165) is 44.9 Å². The molecular weight excluding hydrogens is 356 g/mol. The molecule has 2 saturated carbocycles. The van der Waals surface area contributed by atoms with Crippen molar-refractivity contribution in [1.29, 1.82) is 0 Å². The van der Waals surface area contributed by atoms with Crippen LogP contribution in [0, 0.1) is 23.2 Å². The van der Waals surface area contributed by atoms with Gasteiger partial charge < -0.3 is 10.2 Å². The lowest BCUT2D eigenvalue weighted by molar-refractivity contribution is 0.0930. The highest BCUT2D eigenvalue weighted by Gasteiger charge is 2.44. The Hall–Kier alpha value is -1.30. The standard InChI is InChI=1S/C27H40O2/c1-4-27(29,5-2)19-7-6-12-23-16-17-25-22(11-9-18-26(23,25)3)15-14-21-10-8-13-24(28)20-21/h14-16,24-25,28-29H,4-6,8-13,17-18,20H2,1-3H3/b21-14-,22-15+/t24-,25?,26?/m0/s1. The Kier molecular flexibility index (Phi) is 7.47. The Morgan fingerprint density at radius 2 is 2.00 bits per heavy atom. The molecule has 0 saturated heterocycles. The Morgan fingerprint density at radius 1 is 1.21 bits per heavy atom.